The van der Waals surface area contributed by atoms with Gasteiger partial charge in [0, 0.05) is 13.5 Å². The summed E-state index contributed by atoms with van der Waals surface area (Å²) in [6.45, 7) is 4.79. The summed E-state index contributed by atoms with van der Waals surface area (Å²) in [4.78, 5) is 18.8. The summed E-state index contributed by atoms with van der Waals surface area (Å²) in [6.07, 6.45) is 6.40. The molecule has 0 saturated heterocycles. The number of nitrogens with one attached hydrogen (secondary N) is 1. The number of nitrogens with zero attached hydrogens (tertiary/aromatic N) is 2. The summed E-state index contributed by atoms with van der Waals surface area (Å²) < 4.78 is 4.87. The van der Waals surface area contributed by atoms with Crippen LogP contribution in [0.1, 0.15) is 45.2 Å². The average molecular weight is 300 g/mol. The second-order valence-electron chi connectivity index (χ2n) is 4.52. The lowest BCUT2D eigenvalue weighted by atomic mass is 10.2. The number of anilines is 1. The number of carbonyl (C=O) groups is 1. The Balaban J connectivity index is 2.14. The van der Waals surface area contributed by atoms with Crippen molar-refractivity contribution in [1.29, 1.82) is 0 Å². The maximum absolute atomic E-state index is 10.6. The van der Waals surface area contributed by atoms with Gasteiger partial charge in [0.2, 0.25) is 0 Å². The number of carbonyl (C=O) groups excluding carboxylic acids is 1. The van der Waals surface area contributed by atoms with Crippen LogP contribution in [0.2, 0.25) is 5.02 Å². The molecule has 0 fully saturated rings. The average Bonchev–Trinajstić information content (AvgIpc) is 2.43. The lowest BCUT2D eigenvalue weighted by Crippen LogP contribution is -2.06. The molecule has 0 aliphatic rings. The summed E-state index contributed by atoms with van der Waals surface area (Å²) in [6, 6.07) is 0. The zero-order chi connectivity index (χ0) is 14.8. The highest BCUT2D eigenvalue weighted by Gasteiger charge is 2.06. The Bertz CT molecular complexity index is 427. The molecular formula is C14H22ClN3O2. The van der Waals surface area contributed by atoms with Gasteiger partial charge in [0.05, 0.1) is 12.3 Å². The molecule has 0 spiro atoms. The van der Waals surface area contributed by atoms with Gasteiger partial charge in [-0.15, -0.1) is 0 Å². The van der Waals surface area contributed by atoms with Crippen LogP contribution < -0.4 is 5.32 Å². The van der Waals surface area contributed by atoms with E-state index < -0.39 is 0 Å². The fourth-order valence-electron chi connectivity index (χ4n) is 1.78. The summed E-state index contributed by atoms with van der Waals surface area (Å²) in [7, 11) is 0. The Morgan fingerprint density at radius 1 is 1.30 bits per heavy atom. The van der Waals surface area contributed by atoms with Gasteiger partial charge in [0.15, 0.2) is 0 Å². The summed E-state index contributed by atoms with van der Waals surface area (Å²) >= 11 is 6.18. The number of hydrogen-bond donors (Lipinski definition) is 1. The van der Waals surface area contributed by atoms with Gasteiger partial charge in [0.25, 0.3) is 0 Å². The van der Waals surface area contributed by atoms with Gasteiger partial charge in [-0.3, -0.25) is 4.79 Å². The molecular weight excluding hydrogens is 278 g/mol. The minimum absolute atomic E-state index is 0.211. The van der Waals surface area contributed by atoms with Crippen LogP contribution >= 0.6 is 11.6 Å². The van der Waals surface area contributed by atoms with E-state index in [-0.39, 0.29) is 5.97 Å². The van der Waals surface area contributed by atoms with E-state index in [0.717, 1.165) is 44.3 Å². The van der Waals surface area contributed by atoms with Gasteiger partial charge < -0.3 is 10.1 Å². The topological polar surface area (TPSA) is 64.1 Å². The molecule has 0 amide bonds. The van der Waals surface area contributed by atoms with Crippen molar-refractivity contribution in [2.24, 2.45) is 0 Å². The highest BCUT2D eigenvalue weighted by Crippen LogP contribution is 2.21. The summed E-state index contributed by atoms with van der Waals surface area (Å²) in [5.41, 5.74) is 0.866. The van der Waals surface area contributed by atoms with Crippen LogP contribution in [-0.2, 0) is 16.0 Å². The molecule has 1 rings (SSSR count). The van der Waals surface area contributed by atoms with Crippen molar-refractivity contribution in [1.82, 2.24) is 9.97 Å². The van der Waals surface area contributed by atoms with E-state index >= 15 is 0 Å². The molecule has 0 atom stereocenters. The highest BCUT2D eigenvalue weighted by molar-refractivity contribution is 6.33. The second-order valence-corrected chi connectivity index (χ2v) is 4.90. The van der Waals surface area contributed by atoms with Gasteiger partial charge in [-0.25, -0.2) is 9.97 Å². The fourth-order valence-corrected chi connectivity index (χ4v) is 2.08. The first-order valence-electron chi connectivity index (χ1n) is 7.01. The van der Waals surface area contributed by atoms with Crippen molar-refractivity contribution in [3.8, 4) is 0 Å². The molecule has 1 N–H and O–H groups in total. The fraction of sp³-hybridized carbons (Fsp3) is 0.643. The Hall–Kier alpha value is -1.36. The molecule has 20 heavy (non-hydrogen) atoms. The molecule has 0 unspecified atom stereocenters. The van der Waals surface area contributed by atoms with E-state index in [2.05, 4.69) is 15.3 Å². The first kappa shape index (κ1) is 16.7. The van der Waals surface area contributed by atoms with Gasteiger partial charge in [-0.05, 0) is 25.7 Å². The minimum Gasteiger partial charge on any atom is -0.466 e. The van der Waals surface area contributed by atoms with Crippen LogP contribution in [0.5, 0.6) is 0 Å². The highest BCUT2D eigenvalue weighted by atomic mass is 35.5. The number of hydrogen-bond acceptors (Lipinski definition) is 5. The number of unbranched alkanes of at least 4 members (excludes halogenated alkanes) is 3. The molecule has 1 heterocycles. The van der Waals surface area contributed by atoms with Crippen molar-refractivity contribution in [2.45, 2.75) is 46.0 Å². The molecule has 0 aromatic carbocycles. The summed E-state index contributed by atoms with van der Waals surface area (Å²) in [5.74, 6) is 0.496. The monoisotopic (exact) mass is 299 g/mol. The molecule has 1 aromatic rings. The van der Waals surface area contributed by atoms with Gasteiger partial charge in [0.1, 0.15) is 17.2 Å². The zero-order valence-electron chi connectivity index (χ0n) is 12.1. The van der Waals surface area contributed by atoms with E-state index in [1.807, 2.05) is 6.92 Å². The van der Waals surface area contributed by atoms with Crippen LogP contribution in [0.4, 0.5) is 5.82 Å². The molecule has 0 aliphatic heterocycles. The predicted molar refractivity (Wildman–Crippen MR) is 80.0 cm³/mol. The maximum atomic E-state index is 10.6. The van der Waals surface area contributed by atoms with E-state index in [4.69, 9.17) is 16.3 Å². The van der Waals surface area contributed by atoms with Gasteiger partial charge in [-0.1, -0.05) is 24.9 Å². The lowest BCUT2D eigenvalue weighted by Gasteiger charge is -2.09. The van der Waals surface area contributed by atoms with Gasteiger partial charge in [-0.2, -0.15) is 0 Å². The molecule has 6 heteroatoms. The van der Waals surface area contributed by atoms with Crippen LogP contribution in [-0.4, -0.2) is 29.1 Å². The quantitative estimate of drug-likeness (QED) is 0.560. The first-order valence-corrected chi connectivity index (χ1v) is 7.39. The Morgan fingerprint density at radius 3 is 2.75 bits per heavy atom. The van der Waals surface area contributed by atoms with Crippen LogP contribution in [0.3, 0.4) is 0 Å². The van der Waals surface area contributed by atoms with Gasteiger partial charge >= 0.3 is 5.97 Å². The van der Waals surface area contributed by atoms with Crippen molar-refractivity contribution < 1.29 is 9.53 Å². The van der Waals surface area contributed by atoms with Crippen molar-refractivity contribution in [2.75, 3.05) is 18.5 Å². The molecule has 0 aliphatic carbocycles. The Kier molecular flexibility index (Phi) is 7.95. The molecule has 0 radical (unpaired) electrons. The third-order valence-corrected chi connectivity index (χ3v) is 3.26. The number of aryl methyl sites for hydroxylation is 1. The zero-order valence-corrected chi connectivity index (χ0v) is 12.9. The smallest absolute Gasteiger partial charge is 0.302 e. The second kappa shape index (κ2) is 9.53. The Morgan fingerprint density at radius 2 is 2.05 bits per heavy atom. The van der Waals surface area contributed by atoms with Crippen LogP contribution in [0, 0.1) is 0 Å². The molecule has 112 valence electrons. The first-order chi connectivity index (χ1) is 9.65. The number of rotatable bonds is 9. The largest absolute Gasteiger partial charge is 0.466 e. The normalized spacial score (nSPS) is 10.3. The molecule has 1 aromatic heterocycles. The third-order valence-electron chi connectivity index (χ3n) is 2.87. The number of halogens is 1. The maximum Gasteiger partial charge on any atom is 0.302 e. The number of aromatic nitrogens is 2. The van der Waals surface area contributed by atoms with Crippen LogP contribution in [0.15, 0.2) is 6.33 Å². The summed E-state index contributed by atoms with van der Waals surface area (Å²) in [5, 5.41) is 3.84. The third kappa shape index (κ3) is 6.19. The van der Waals surface area contributed by atoms with Crippen molar-refractivity contribution in [3.63, 3.8) is 0 Å². The van der Waals surface area contributed by atoms with E-state index in [1.54, 1.807) is 0 Å². The number of ether oxygens (including phenoxy) is 1. The Labute approximate surface area is 125 Å². The molecule has 0 bridgehead atoms. The lowest BCUT2D eigenvalue weighted by molar-refractivity contribution is -0.141. The molecule has 5 nitrogen and oxygen atoms in total. The van der Waals surface area contributed by atoms with Crippen LogP contribution in [0.25, 0.3) is 0 Å². The molecule has 0 saturated carbocycles. The van der Waals surface area contributed by atoms with E-state index in [9.17, 15) is 4.79 Å². The van der Waals surface area contributed by atoms with Crippen molar-refractivity contribution >= 4 is 23.4 Å². The van der Waals surface area contributed by atoms with E-state index in [1.165, 1.54) is 13.3 Å². The van der Waals surface area contributed by atoms with E-state index in [0.29, 0.717) is 17.4 Å². The minimum atomic E-state index is -0.211. The number of esters is 1. The predicted octanol–water partition coefficient (Wildman–Crippen LogP) is 3.23. The van der Waals surface area contributed by atoms with Crippen molar-refractivity contribution in [3.05, 3.63) is 17.0 Å². The standard InChI is InChI=1S/C14H22ClN3O2/c1-3-12-13(15)14(18-10-17-12)16-8-6-4-5-7-9-20-11(2)19/h10H,3-9H2,1-2H3,(H,16,17,18). The SMILES string of the molecule is CCc1ncnc(NCCCCCCOC(C)=O)c1Cl.